The fourth-order valence-electron chi connectivity index (χ4n) is 4.48. The molecule has 0 saturated heterocycles. The van der Waals surface area contributed by atoms with Crippen molar-refractivity contribution in [2.75, 3.05) is 0 Å². The van der Waals surface area contributed by atoms with Gasteiger partial charge < -0.3 is 9.67 Å². The van der Waals surface area contributed by atoms with Gasteiger partial charge in [0.25, 0.3) is 0 Å². The molecule has 2 aliphatic rings. The van der Waals surface area contributed by atoms with E-state index in [0.29, 0.717) is 11.3 Å². The van der Waals surface area contributed by atoms with Crippen LogP contribution in [-0.2, 0) is 12.8 Å². The van der Waals surface area contributed by atoms with E-state index in [-0.39, 0.29) is 5.76 Å². The molecule has 1 atom stereocenters. The van der Waals surface area contributed by atoms with Gasteiger partial charge in [-0.2, -0.15) is 0 Å². The SMILES string of the molecule is C=C(O)C1=CC=C(n2c(-c3ccccc3)cc3c2CCC(C(C)(C)C)C3)C1. The molecule has 27 heavy (non-hydrogen) atoms. The smallest absolute Gasteiger partial charge is 0.111 e. The van der Waals surface area contributed by atoms with Crippen LogP contribution in [0.5, 0.6) is 0 Å². The number of benzene rings is 1. The molecule has 0 bridgehead atoms. The maximum Gasteiger partial charge on any atom is 0.111 e. The van der Waals surface area contributed by atoms with Crippen molar-refractivity contribution in [2.24, 2.45) is 11.3 Å². The minimum Gasteiger partial charge on any atom is -0.508 e. The molecule has 0 amide bonds. The summed E-state index contributed by atoms with van der Waals surface area (Å²) in [6.07, 6.45) is 8.36. The first-order chi connectivity index (χ1) is 12.8. The number of aromatic nitrogens is 1. The van der Waals surface area contributed by atoms with Crippen LogP contribution in [0.15, 0.2) is 66.5 Å². The van der Waals surface area contributed by atoms with Crippen molar-refractivity contribution in [1.29, 1.82) is 0 Å². The van der Waals surface area contributed by atoms with Crippen molar-refractivity contribution in [1.82, 2.24) is 4.57 Å². The molecule has 1 unspecified atom stereocenters. The van der Waals surface area contributed by atoms with E-state index in [9.17, 15) is 5.11 Å². The zero-order valence-corrected chi connectivity index (χ0v) is 16.6. The molecule has 0 saturated carbocycles. The number of hydrogen-bond donors (Lipinski definition) is 1. The van der Waals surface area contributed by atoms with Crippen molar-refractivity contribution >= 4 is 5.70 Å². The van der Waals surface area contributed by atoms with Crippen molar-refractivity contribution in [2.45, 2.75) is 46.5 Å². The number of allylic oxidation sites excluding steroid dienone is 4. The Labute approximate surface area is 162 Å². The molecule has 1 aromatic carbocycles. The van der Waals surface area contributed by atoms with Gasteiger partial charge >= 0.3 is 0 Å². The summed E-state index contributed by atoms with van der Waals surface area (Å²) in [4.78, 5) is 0. The third kappa shape index (κ3) is 3.29. The number of nitrogens with zero attached hydrogens (tertiary/aromatic N) is 1. The van der Waals surface area contributed by atoms with E-state index in [4.69, 9.17) is 0 Å². The second-order valence-corrected chi connectivity index (χ2v) is 8.98. The molecule has 4 rings (SSSR count). The molecule has 2 aromatic rings. The van der Waals surface area contributed by atoms with Gasteiger partial charge in [0.1, 0.15) is 5.76 Å². The van der Waals surface area contributed by atoms with Crippen LogP contribution >= 0.6 is 0 Å². The van der Waals surface area contributed by atoms with Gasteiger partial charge in [0.2, 0.25) is 0 Å². The number of hydrogen-bond acceptors (Lipinski definition) is 1. The summed E-state index contributed by atoms with van der Waals surface area (Å²) in [7, 11) is 0. The summed E-state index contributed by atoms with van der Waals surface area (Å²) < 4.78 is 2.44. The van der Waals surface area contributed by atoms with E-state index in [1.54, 1.807) is 0 Å². The average Bonchev–Trinajstić information content (AvgIpc) is 3.25. The lowest BCUT2D eigenvalue weighted by atomic mass is 9.72. The summed E-state index contributed by atoms with van der Waals surface area (Å²) in [6, 6.07) is 13.0. The Morgan fingerprint density at radius 2 is 1.89 bits per heavy atom. The zero-order chi connectivity index (χ0) is 19.2. The molecule has 0 radical (unpaired) electrons. The molecule has 2 nitrogen and oxygen atoms in total. The highest BCUT2D eigenvalue weighted by molar-refractivity contribution is 5.72. The van der Waals surface area contributed by atoms with Crippen LogP contribution in [0.3, 0.4) is 0 Å². The summed E-state index contributed by atoms with van der Waals surface area (Å²) in [5, 5.41) is 9.81. The number of rotatable bonds is 3. The van der Waals surface area contributed by atoms with Gasteiger partial charge in [-0.3, -0.25) is 0 Å². The lowest BCUT2D eigenvalue weighted by molar-refractivity contribution is 0.215. The largest absolute Gasteiger partial charge is 0.508 e. The summed E-state index contributed by atoms with van der Waals surface area (Å²) in [5.41, 5.74) is 7.92. The lowest BCUT2D eigenvalue weighted by Gasteiger charge is -2.34. The molecule has 1 aromatic heterocycles. The minimum atomic E-state index is 0.177. The van der Waals surface area contributed by atoms with E-state index >= 15 is 0 Å². The summed E-state index contributed by atoms with van der Waals surface area (Å²) in [5.74, 6) is 0.893. The summed E-state index contributed by atoms with van der Waals surface area (Å²) in [6.45, 7) is 10.8. The Balaban J connectivity index is 1.78. The van der Waals surface area contributed by atoms with Crippen molar-refractivity contribution in [3.63, 3.8) is 0 Å². The predicted molar refractivity (Wildman–Crippen MR) is 114 cm³/mol. The molecule has 2 aliphatic carbocycles. The second-order valence-electron chi connectivity index (χ2n) is 8.98. The van der Waals surface area contributed by atoms with Gasteiger partial charge in [0.05, 0.1) is 5.69 Å². The van der Waals surface area contributed by atoms with E-state index < -0.39 is 0 Å². The number of aliphatic hydroxyl groups is 1. The number of fused-ring (bicyclic) bond motifs is 1. The van der Waals surface area contributed by atoms with Gasteiger partial charge in [-0.25, -0.2) is 0 Å². The first kappa shape index (κ1) is 17.9. The molecule has 0 spiro atoms. The van der Waals surface area contributed by atoms with Crippen LogP contribution < -0.4 is 0 Å². The molecule has 1 heterocycles. The highest BCUT2D eigenvalue weighted by Crippen LogP contribution is 2.42. The Morgan fingerprint density at radius 1 is 1.15 bits per heavy atom. The van der Waals surface area contributed by atoms with E-state index in [0.717, 1.165) is 24.8 Å². The maximum atomic E-state index is 9.81. The highest BCUT2D eigenvalue weighted by atomic mass is 16.3. The van der Waals surface area contributed by atoms with E-state index in [1.165, 1.54) is 34.6 Å². The monoisotopic (exact) mass is 359 g/mol. The van der Waals surface area contributed by atoms with Crippen LogP contribution in [0.25, 0.3) is 17.0 Å². The van der Waals surface area contributed by atoms with Gasteiger partial charge in [-0.1, -0.05) is 63.8 Å². The van der Waals surface area contributed by atoms with Crippen molar-refractivity contribution in [3.05, 3.63) is 77.7 Å². The zero-order valence-electron chi connectivity index (χ0n) is 16.6. The van der Waals surface area contributed by atoms with Gasteiger partial charge in [-0.05, 0) is 59.4 Å². The van der Waals surface area contributed by atoms with Crippen LogP contribution in [-0.4, -0.2) is 9.67 Å². The fraction of sp³-hybridized carbons (Fsp3) is 0.360. The molecule has 2 heteroatoms. The Bertz CT molecular complexity index is 935. The van der Waals surface area contributed by atoms with Crippen LogP contribution in [0.4, 0.5) is 0 Å². The Kier molecular flexibility index (Phi) is 4.38. The molecule has 0 aliphatic heterocycles. The van der Waals surface area contributed by atoms with Crippen molar-refractivity contribution < 1.29 is 5.11 Å². The van der Waals surface area contributed by atoms with E-state index in [2.05, 4.69) is 74.4 Å². The van der Waals surface area contributed by atoms with Gasteiger partial charge in [-0.15, -0.1) is 0 Å². The van der Waals surface area contributed by atoms with Crippen LogP contribution in [0, 0.1) is 11.3 Å². The summed E-state index contributed by atoms with van der Waals surface area (Å²) >= 11 is 0. The third-order valence-electron chi connectivity index (χ3n) is 6.19. The highest BCUT2D eigenvalue weighted by Gasteiger charge is 2.32. The van der Waals surface area contributed by atoms with Crippen molar-refractivity contribution in [3.8, 4) is 11.3 Å². The standard InChI is InChI=1S/C25H29NO/c1-17(27)19-10-12-22(15-19)26-23-13-11-21(25(2,3)4)14-20(23)16-24(26)18-8-6-5-7-9-18/h5-10,12,16,21,27H,1,11,13-15H2,2-4H3. The predicted octanol–water partition coefficient (Wildman–Crippen LogP) is 6.55. The molecular formula is C25H29NO. The Hall–Kier alpha value is -2.48. The maximum absolute atomic E-state index is 9.81. The van der Waals surface area contributed by atoms with Gasteiger partial charge in [0, 0.05) is 17.8 Å². The normalized spacial score (nSPS) is 19.4. The van der Waals surface area contributed by atoms with Crippen LogP contribution in [0.2, 0.25) is 0 Å². The molecule has 140 valence electrons. The molecule has 1 N–H and O–H groups in total. The first-order valence-electron chi connectivity index (χ1n) is 9.92. The quantitative estimate of drug-likeness (QED) is 0.618. The first-order valence-corrected chi connectivity index (χ1v) is 9.92. The van der Waals surface area contributed by atoms with Gasteiger partial charge in [0.15, 0.2) is 0 Å². The fourth-order valence-corrected chi connectivity index (χ4v) is 4.48. The molecule has 0 fully saturated rings. The second kappa shape index (κ2) is 6.60. The topological polar surface area (TPSA) is 25.2 Å². The van der Waals surface area contributed by atoms with E-state index in [1.807, 2.05) is 6.08 Å². The number of aliphatic hydroxyl groups excluding tert-OH is 1. The third-order valence-corrected chi connectivity index (χ3v) is 6.19. The minimum absolute atomic E-state index is 0.177. The lowest BCUT2D eigenvalue weighted by Crippen LogP contribution is -2.27. The Morgan fingerprint density at radius 3 is 2.52 bits per heavy atom. The molecular weight excluding hydrogens is 330 g/mol. The van der Waals surface area contributed by atoms with Crippen LogP contribution in [0.1, 0.15) is 44.9 Å². The average molecular weight is 360 g/mol.